The monoisotopic (exact) mass is 419 g/mol. The zero-order chi connectivity index (χ0) is 20.3. The van der Waals surface area contributed by atoms with Crippen molar-refractivity contribution in [2.75, 3.05) is 26.2 Å². The van der Waals surface area contributed by atoms with Crippen molar-refractivity contribution in [3.05, 3.63) is 52.0 Å². The third-order valence-corrected chi connectivity index (χ3v) is 7.47. The number of carbonyl (C=O) groups excluding carboxylic acids is 1. The minimum absolute atomic E-state index is 0.121. The fourth-order valence-corrected chi connectivity index (χ4v) is 5.04. The molecule has 28 heavy (non-hydrogen) atoms. The lowest BCUT2D eigenvalue weighted by Gasteiger charge is -2.33. The van der Waals surface area contributed by atoms with E-state index >= 15 is 0 Å². The van der Waals surface area contributed by atoms with Crippen molar-refractivity contribution >= 4 is 33.3 Å². The summed E-state index contributed by atoms with van der Waals surface area (Å²) in [6, 6.07) is 7.06. The number of benzene rings is 1. The van der Waals surface area contributed by atoms with E-state index in [1.54, 1.807) is 23.1 Å². The summed E-state index contributed by atoms with van der Waals surface area (Å²) in [6.07, 6.45) is 3.20. The average Bonchev–Trinajstić information content (AvgIpc) is 3.11. The molecule has 0 bridgehead atoms. The average molecular weight is 420 g/mol. The molecule has 0 radical (unpaired) electrons. The fraction of sp³-hybridized carbons (Fsp3) is 0.400. The molecule has 0 N–H and O–H groups in total. The van der Waals surface area contributed by atoms with Crippen molar-refractivity contribution in [3.63, 3.8) is 0 Å². The lowest BCUT2D eigenvalue weighted by Crippen LogP contribution is -2.50. The van der Waals surface area contributed by atoms with E-state index in [9.17, 15) is 13.2 Å². The van der Waals surface area contributed by atoms with Crippen LogP contribution in [0.5, 0.6) is 0 Å². The second kappa shape index (κ2) is 8.55. The Kier molecular flexibility index (Phi) is 6.32. The van der Waals surface area contributed by atoms with Gasteiger partial charge in [-0.3, -0.25) is 4.79 Å². The molecule has 0 saturated carbocycles. The van der Waals surface area contributed by atoms with Crippen molar-refractivity contribution in [1.29, 1.82) is 0 Å². The smallest absolute Gasteiger partial charge is 0.246 e. The molecule has 1 fully saturated rings. The molecule has 0 spiro atoms. The van der Waals surface area contributed by atoms with Crippen LogP contribution >= 0.6 is 11.3 Å². The number of hydrogen-bond acceptors (Lipinski definition) is 5. The van der Waals surface area contributed by atoms with Gasteiger partial charge in [0.15, 0.2) is 0 Å². The lowest BCUT2D eigenvalue weighted by molar-refractivity contribution is -0.127. The van der Waals surface area contributed by atoms with E-state index in [1.807, 2.05) is 24.4 Å². The molecule has 150 valence electrons. The van der Waals surface area contributed by atoms with Gasteiger partial charge in [0.25, 0.3) is 0 Å². The van der Waals surface area contributed by atoms with Gasteiger partial charge in [-0.25, -0.2) is 13.4 Å². The molecule has 0 unspecified atom stereocenters. The van der Waals surface area contributed by atoms with E-state index in [0.29, 0.717) is 37.0 Å². The van der Waals surface area contributed by atoms with Crippen molar-refractivity contribution in [2.24, 2.45) is 0 Å². The Balaban J connectivity index is 1.60. The van der Waals surface area contributed by atoms with Crippen molar-refractivity contribution < 1.29 is 13.2 Å². The SMILES string of the molecule is Cc1nc(/C=C/C(=O)N2CCN(S(=O)(=O)c3ccc(C(C)C)cc3)CC2)cs1. The van der Waals surface area contributed by atoms with Gasteiger partial charge in [-0.05, 0) is 36.6 Å². The number of piperazine rings is 1. The fourth-order valence-electron chi connectivity index (χ4n) is 3.04. The molecule has 1 aliphatic rings. The first-order chi connectivity index (χ1) is 13.3. The normalized spacial score (nSPS) is 16.2. The Morgan fingerprint density at radius 1 is 1.14 bits per heavy atom. The first-order valence-electron chi connectivity index (χ1n) is 9.26. The Bertz CT molecular complexity index is 955. The molecule has 1 aromatic carbocycles. The Morgan fingerprint density at radius 3 is 2.32 bits per heavy atom. The summed E-state index contributed by atoms with van der Waals surface area (Å²) in [4.78, 5) is 18.6. The summed E-state index contributed by atoms with van der Waals surface area (Å²) in [7, 11) is -3.54. The lowest BCUT2D eigenvalue weighted by atomic mass is 10.0. The summed E-state index contributed by atoms with van der Waals surface area (Å²) < 4.78 is 27.2. The molecular weight excluding hydrogens is 394 g/mol. The molecule has 1 saturated heterocycles. The van der Waals surface area contributed by atoms with Gasteiger partial charge in [-0.2, -0.15) is 4.31 Å². The summed E-state index contributed by atoms with van der Waals surface area (Å²) in [5, 5.41) is 2.85. The number of amides is 1. The number of hydrogen-bond donors (Lipinski definition) is 0. The highest BCUT2D eigenvalue weighted by molar-refractivity contribution is 7.89. The Labute approximate surface area is 170 Å². The van der Waals surface area contributed by atoms with Gasteiger partial charge in [-0.1, -0.05) is 26.0 Å². The highest BCUT2D eigenvalue weighted by Gasteiger charge is 2.29. The van der Waals surface area contributed by atoms with Gasteiger partial charge in [0.05, 0.1) is 15.6 Å². The molecule has 1 aliphatic heterocycles. The topological polar surface area (TPSA) is 70.6 Å². The molecule has 8 heteroatoms. The van der Waals surface area contributed by atoms with Crippen LogP contribution < -0.4 is 0 Å². The number of carbonyl (C=O) groups is 1. The summed E-state index contributed by atoms with van der Waals surface area (Å²) in [6.45, 7) is 7.41. The van der Waals surface area contributed by atoms with Crippen LogP contribution in [-0.2, 0) is 14.8 Å². The quantitative estimate of drug-likeness (QED) is 0.698. The molecule has 0 atom stereocenters. The number of sulfonamides is 1. The van der Waals surface area contributed by atoms with Gasteiger partial charge < -0.3 is 4.90 Å². The van der Waals surface area contributed by atoms with Gasteiger partial charge in [0, 0.05) is 37.6 Å². The zero-order valence-electron chi connectivity index (χ0n) is 16.3. The van der Waals surface area contributed by atoms with Gasteiger partial charge in [0.1, 0.15) is 0 Å². The Morgan fingerprint density at radius 2 is 1.79 bits per heavy atom. The van der Waals surface area contributed by atoms with E-state index in [4.69, 9.17) is 0 Å². The molecule has 6 nitrogen and oxygen atoms in total. The van der Waals surface area contributed by atoms with Gasteiger partial charge >= 0.3 is 0 Å². The first kappa shape index (κ1) is 20.7. The van der Waals surface area contributed by atoms with Crippen LogP contribution in [0.1, 0.15) is 36.0 Å². The summed E-state index contributed by atoms with van der Waals surface area (Å²) in [5.74, 6) is 0.233. The maximum atomic E-state index is 12.9. The van der Waals surface area contributed by atoms with Gasteiger partial charge in [-0.15, -0.1) is 11.3 Å². The van der Waals surface area contributed by atoms with E-state index in [0.717, 1.165) is 16.3 Å². The standard InChI is InChI=1S/C20H25N3O3S2/c1-15(2)17-4-7-19(8-5-17)28(25,26)23-12-10-22(11-13-23)20(24)9-6-18-14-27-16(3)21-18/h4-9,14-15H,10-13H2,1-3H3/b9-6+. The van der Waals surface area contributed by atoms with Crippen LogP contribution in [0.15, 0.2) is 40.6 Å². The maximum Gasteiger partial charge on any atom is 0.246 e. The predicted molar refractivity (Wildman–Crippen MR) is 112 cm³/mol. The van der Waals surface area contributed by atoms with Crippen LogP contribution in [0.3, 0.4) is 0 Å². The van der Waals surface area contributed by atoms with Crippen LogP contribution in [0.4, 0.5) is 0 Å². The maximum absolute atomic E-state index is 12.9. The van der Waals surface area contributed by atoms with Crippen molar-refractivity contribution in [2.45, 2.75) is 31.6 Å². The van der Waals surface area contributed by atoms with Gasteiger partial charge in [0.2, 0.25) is 15.9 Å². The van der Waals surface area contributed by atoms with E-state index in [-0.39, 0.29) is 5.91 Å². The minimum Gasteiger partial charge on any atom is -0.337 e. The highest BCUT2D eigenvalue weighted by Crippen LogP contribution is 2.21. The van der Waals surface area contributed by atoms with Crippen LogP contribution in [0.2, 0.25) is 0 Å². The Hall–Kier alpha value is -2.03. The largest absolute Gasteiger partial charge is 0.337 e. The predicted octanol–water partition coefficient (Wildman–Crippen LogP) is 3.12. The zero-order valence-corrected chi connectivity index (χ0v) is 18.0. The molecule has 1 aromatic heterocycles. The van der Waals surface area contributed by atoms with E-state index in [1.165, 1.54) is 21.7 Å². The second-order valence-corrected chi connectivity index (χ2v) is 10.1. The number of aryl methyl sites for hydroxylation is 1. The first-order valence-corrected chi connectivity index (χ1v) is 11.6. The molecule has 2 heterocycles. The van der Waals surface area contributed by atoms with Crippen molar-refractivity contribution in [3.8, 4) is 0 Å². The van der Waals surface area contributed by atoms with E-state index < -0.39 is 10.0 Å². The third kappa shape index (κ3) is 4.68. The van der Waals surface area contributed by atoms with E-state index in [2.05, 4.69) is 18.8 Å². The van der Waals surface area contributed by atoms with Crippen LogP contribution in [-0.4, -0.2) is 54.7 Å². The molecular formula is C20H25N3O3S2. The van der Waals surface area contributed by atoms with Crippen LogP contribution in [0, 0.1) is 6.92 Å². The number of rotatable bonds is 5. The third-order valence-electron chi connectivity index (χ3n) is 4.77. The summed E-state index contributed by atoms with van der Waals surface area (Å²) >= 11 is 1.53. The minimum atomic E-state index is -3.54. The highest BCUT2D eigenvalue weighted by atomic mass is 32.2. The van der Waals surface area contributed by atoms with Crippen LogP contribution in [0.25, 0.3) is 6.08 Å². The summed E-state index contributed by atoms with van der Waals surface area (Å²) in [5.41, 5.74) is 1.87. The number of thiazole rings is 1. The van der Waals surface area contributed by atoms with Crippen molar-refractivity contribution in [1.82, 2.24) is 14.2 Å². The molecule has 1 amide bonds. The molecule has 0 aliphatic carbocycles. The second-order valence-electron chi connectivity index (χ2n) is 7.08. The molecule has 3 rings (SSSR count). The molecule has 2 aromatic rings. The number of nitrogens with zero attached hydrogens (tertiary/aromatic N) is 3. The number of aromatic nitrogens is 1.